The van der Waals surface area contributed by atoms with Crippen molar-refractivity contribution in [1.82, 2.24) is 0 Å². The van der Waals surface area contributed by atoms with E-state index in [0.29, 0.717) is 22.0 Å². The van der Waals surface area contributed by atoms with Crippen molar-refractivity contribution in [2.45, 2.75) is 6.92 Å². The molecule has 90 valence electrons. The molecule has 0 saturated heterocycles. The Morgan fingerprint density at radius 1 is 1.22 bits per heavy atom. The van der Waals surface area contributed by atoms with Gasteiger partial charge in [-0.25, -0.2) is 0 Å². The smallest absolute Gasteiger partial charge is 0.101 e. The molecule has 0 unspecified atom stereocenters. The zero-order valence-corrected chi connectivity index (χ0v) is 10.6. The predicted octanol–water partition coefficient (Wildman–Crippen LogP) is 3.85. The number of nitriles is 1. The SMILES string of the molecule is Cc1c(N)cccc1Nc1cc(Cl)ccc1C#N. The molecule has 18 heavy (non-hydrogen) atoms. The average molecular weight is 258 g/mol. The van der Waals surface area contributed by atoms with Crippen molar-refractivity contribution < 1.29 is 0 Å². The normalized spacial score (nSPS) is 9.83. The first-order valence-corrected chi connectivity index (χ1v) is 5.81. The van der Waals surface area contributed by atoms with Gasteiger partial charge in [-0.1, -0.05) is 17.7 Å². The molecule has 0 aromatic heterocycles. The lowest BCUT2D eigenvalue weighted by atomic mass is 10.1. The molecule has 2 aromatic carbocycles. The summed E-state index contributed by atoms with van der Waals surface area (Å²) >= 11 is 5.94. The van der Waals surface area contributed by atoms with Gasteiger partial charge in [-0.15, -0.1) is 0 Å². The summed E-state index contributed by atoms with van der Waals surface area (Å²) in [5.74, 6) is 0. The molecule has 2 aromatic rings. The quantitative estimate of drug-likeness (QED) is 0.804. The largest absolute Gasteiger partial charge is 0.398 e. The third kappa shape index (κ3) is 2.39. The predicted molar refractivity (Wildman–Crippen MR) is 75.0 cm³/mol. The third-order valence-electron chi connectivity index (χ3n) is 2.75. The molecular weight excluding hydrogens is 246 g/mol. The number of rotatable bonds is 2. The van der Waals surface area contributed by atoms with E-state index in [9.17, 15) is 0 Å². The van der Waals surface area contributed by atoms with E-state index >= 15 is 0 Å². The standard InChI is InChI=1S/C14H12ClN3/c1-9-12(17)3-2-4-13(9)18-14-7-11(15)6-5-10(14)8-16/h2-7,18H,17H2,1H3. The number of benzene rings is 2. The first-order valence-electron chi connectivity index (χ1n) is 5.43. The van der Waals surface area contributed by atoms with Gasteiger partial charge in [0.05, 0.1) is 11.3 Å². The maximum absolute atomic E-state index is 9.05. The zero-order valence-electron chi connectivity index (χ0n) is 9.87. The number of anilines is 3. The van der Waals surface area contributed by atoms with Gasteiger partial charge in [0.1, 0.15) is 6.07 Å². The number of hydrogen-bond donors (Lipinski definition) is 2. The summed E-state index contributed by atoms with van der Waals surface area (Å²) in [6.45, 7) is 1.92. The van der Waals surface area contributed by atoms with Gasteiger partial charge in [0, 0.05) is 16.4 Å². The molecule has 0 bridgehead atoms. The van der Waals surface area contributed by atoms with Crippen LogP contribution < -0.4 is 11.1 Å². The number of nitrogen functional groups attached to an aromatic ring is 1. The summed E-state index contributed by atoms with van der Waals surface area (Å²) < 4.78 is 0. The van der Waals surface area contributed by atoms with E-state index < -0.39 is 0 Å². The molecule has 0 aliphatic carbocycles. The van der Waals surface area contributed by atoms with Crippen LogP contribution in [0.25, 0.3) is 0 Å². The Morgan fingerprint density at radius 2 is 2.00 bits per heavy atom. The fourth-order valence-electron chi connectivity index (χ4n) is 1.65. The van der Waals surface area contributed by atoms with Gasteiger partial charge < -0.3 is 11.1 Å². The van der Waals surface area contributed by atoms with Crippen molar-refractivity contribution in [2.24, 2.45) is 0 Å². The van der Waals surface area contributed by atoms with Crippen LogP contribution in [-0.2, 0) is 0 Å². The second-order valence-electron chi connectivity index (χ2n) is 3.95. The number of hydrogen-bond acceptors (Lipinski definition) is 3. The van der Waals surface area contributed by atoms with Crippen LogP contribution >= 0.6 is 11.6 Å². The topological polar surface area (TPSA) is 61.8 Å². The second-order valence-corrected chi connectivity index (χ2v) is 4.38. The number of nitrogens with one attached hydrogen (secondary N) is 1. The number of nitrogens with two attached hydrogens (primary N) is 1. The Labute approximate surface area is 111 Å². The van der Waals surface area contributed by atoms with Gasteiger partial charge in [-0.05, 0) is 42.8 Å². The minimum atomic E-state index is 0.543. The van der Waals surface area contributed by atoms with Crippen molar-refractivity contribution in [1.29, 1.82) is 5.26 Å². The van der Waals surface area contributed by atoms with E-state index in [1.54, 1.807) is 18.2 Å². The van der Waals surface area contributed by atoms with Crippen LogP contribution in [0.3, 0.4) is 0 Å². The number of halogens is 1. The lowest BCUT2D eigenvalue weighted by Gasteiger charge is -2.12. The van der Waals surface area contributed by atoms with Gasteiger partial charge in [0.15, 0.2) is 0 Å². The van der Waals surface area contributed by atoms with E-state index in [0.717, 1.165) is 11.3 Å². The summed E-state index contributed by atoms with van der Waals surface area (Å²) in [5, 5.41) is 12.8. The molecule has 0 radical (unpaired) electrons. The summed E-state index contributed by atoms with van der Waals surface area (Å²) in [5.41, 5.74) is 9.59. The van der Waals surface area contributed by atoms with Gasteiger partial charge in [0.2, 0.25) is 0 Å². The molecule has 0 aliphatic rings. The lowest BCUT2D eigenvalue weighted by molar-refractivity contribution is 1.41. The van der Waals surface area contributed by atoms with Crippen LogP contribution in [0, 0.1) is 18.3 Å². The number of nitrogens with zero attached hydrogens (tertiary/aromatic N) is 1. The minimum Gasteiger partial charge on any atom is -0.398 e. The fraction of sp³-hybridized carbons (Fsp3) is 0.0714. The molecule has 0 saturated carbocycles. The van der Waals surface area contributed by atoms with Crippen molar-refractivity contribution >= 4 is 28.7 Å². The highest BCUT2D eigenvalue weighted by Gasteiger charge is 2.06. The van der Waals surface area contributed by atoms with Gasteiger partial charge in [0.25, 0.3) is 0 Å². The summed E-state index contributed by atoms with van der Waals surface area (Å²) in [6, 6.07) is 12.8. The lowest BCUT2D eigenvalue weighted by Crippen LogP contribution is -1.98. The van der Waals surface area contributed by atoms with Crippen molar-refractivity contribution in [2.75, 3.05) is 11.1 Å². The average Bonchev–Trinajstić information content (AvgIpc) is 2.35. The molecule has 0 amide bonds. The van der Waals surface area contributed by atoms with Crippen LogP contribution in [0.15, 0.2) is 36.4 Å². The first-order chi connectivity index (χ1) is 8.61. The molecular formula is C14H12ClN3. The molecule has 2 rings (SSSR count). The minimum absolute atomic E-state index is 0.543. The Kier molecular flexibility index (Phi) is 3.40. The molecule has 3 N–H and O–H groups in total. The highest BCUT2D eigenvalue weighted by molar-refractivity contribution is 6.30. The molecule has 4 heteroatoms. The van der Waals surface area contributed by atoms with Gasteiger partial charge in [-0.3, -0.25) is 0 Å². The molecule has 0 heterocycles. The van der Waals surface area contributed by atoms with Crippen molar-refractivity contribution in [3.8, 4) is 6.07 Å². The summed E-state index contributed by atoms with van der Waals surface area (Å²) in [4.78, 5) is 0. The van der Waals surface area contributed by atoms with Crippen LogP contribution in [0.2, 0.25) is 5.02 Å². The molecule has 3 nitrogen and oxygen atoms in total. The fourth-order valence-corrected chi connectivity index (χ4v) is 1.82. The van der Waals surface area contributed by atoms with Gasteiger partial charge >= 0.3 is 0 Å². The monoisotopic (exact) mass is 257 g/mol. The third-order valence-corrected chi connectivity index (χ3v) is 2.98. The summed E-state index contributed by atoms with van der Waals surface area (Å²) in [6.07, 6.45) is 0. The Balaban J connectivity index is 2.43. The maximum Gasteiger partial charge on any atom is 0.101 e. The van der Waals surface area contributed by atoms with E-state index in [4.69, 9.17) is 22.6 Å². The van der Waals surface area contributed by atoms with Crippen LogP contribution in [0.4, 0.5) is 17.1 Å². The highest BCUT2D eigenvalue weighted by Crippen LogP contribution is 2.28. The molecule has 0 aliphatic heterocycles. The first kappa shape index (κ1) is 12.3. The van der Waals surface area contributed by atoms with Crippen LogP contribution in [0.5, 0.6) is 0 Å². The Bertz CT molecular complexity index is 629. The van der Waals surface area contributed by atoms with E-state index in [1.807, 2.05) is 25.1 Å². The zero-order chi connectivity index (χ0) is 13.1. The molecule has 0 spiro atoms. The molecule has 0 atom stereocenters. The van der Waals surface area contributed by atoms with Crippen molar-refractivity contribution in [3.05, 3.63) is 52.5 Å². The Hall–Kier alpha value is -2.18. The van der Waals surface area contributed by atoms with Gasteiger partial charge in [-0.2, -0.15) is 5.26 Å². The van der Waals surface area contributed by atoms with Crippen molar-refractivity contribution in [3.63, 3.8) is 0 Å². The van der Waals surface area contributed by atoms with E-state index in [1.165, 1.54) is 0 Å². The van der Waals surface area contributed by atoms with E-state index in [2.05, 4.69) is 11.4 Å². The maximum atomic E-state index is 9.05. The van der Waals surface area contributed by atoms with E-state index in [-0.39, 0.29) is 0 Å². The molecule has 0 fully saturated rings. The Morgan fingerprint density at radius 3 is 2.72 bits per heavy atom. The van der Waals surface area contributed by atoms with Crippen LogP contribution in [0.1, 0.15) is 11.1 Å². The summed E-state index contributed by atoms with van der Waals surface area (Å²) in [7, 11) is 0. The van der Waals surface area contributed by atoms with Crippen LogP contribution in [-0.4, -0.2) is 0 Å². The highest BCUT2D eigenvalue weighted by atomic mass is 35.5. The second kappa shape index (κ2) is 4.99.